The summed E-state index contributed by atoms with van der Waals surface area (Å²) >= 11 is 2.86. The van der Waals surface area contributed by atoms with Crippen molar-refractivity contribution in [1.29, 1.82) is 0 Å². The molecule has 2 amide bonds. The Morgan fingerprint density at radius 2 is 1.71 bits per heavy atom. The summed E-state index contributed by atoms with van der Waals surface area (Å²) in [5.74, 6) is -0.0290. The van der Waals surface area contributed by atoms with Gasteiger partial charge in [0.1, 0.15) is 10.5 Å². The molecule has 3 aromatic heterocycles. The zero-order chi connectivity index (χ0) is 27.0. The molecule has 0 atom stereocenters. The van der Waals surface area contributed by atoms with Gasteiger partial charge in [0.15, 0.2) is 5.13 Å². The summed E-state index contributed by atoms with van der Waals surface area (Å²) in [6, 6.07) is 11.0. The minimum atomic E-state index is -4.48. The minimum Gasteiger partial charge on any atom is -0.349 e. The fourth-order valence-electron chi connectivity index (χ4n) is 4.32. The topological polar surface area (TPSA) is 78.4 Å². The Balaban J connectivity index is 1.20. The van der Waals surface area contributed by atoms with Crippen LogP contribution in [0, 0.1) is 5.92 Å². The molecule has 5 rings (SSSR count). The highest BCUT2D eigenvalue weighted by Gasteiger charge is 2.32. The second-order valence-corrected chi connectivity index (χ2v) is 11.3. The number of nitrogens with one attached hydrogen (secondary N) is 1. The quantitative estimate of drug-likeness (QED) is 0.325. The number of hydrogen-bond donors (Lipinski definition) is 1. The summed E-state index contributed by atoms with van der Waals surface area (Å²) in [5, 5.41) is 3.76. The third-order valence-electron chi connectivity index (χ3n) is 6.39. The van der Waals surface area contributed by atoms with E-state index < -0.39 is 11.9 Å². The van der Waals surface area contributed by atoms with Gasteiger partial charge in [-0.2, -0.15) is 13.2 Å². The fourth-order valence-corrected chi connectivity index (χ4v) is 6.48. The first-order chi connectivity index (χ1) is 18.1. The SMILES string of the molecule is CN(C)C(=O)C1CCN(c2nc3sc(C(=O)Nc4ccc(-c5ccc(C(F)(F)F)nc5)cc4)cc3s2)CC1. The van der Waals surface area contributed by atoms with Gasteiger partial charge in [0, 0.05) is 50.6 Å². The molecular weight excluding hydrogens is 535 g/mol. The average molecular weight is 560 g/mol. The van der Waals surface area contributed by atoms with Crippen molar-refractivity contribution in [2.75, 3.05) is 37.4 Å². The zero-order valence-electron chi connectivity index (χ0n) is 20.6. The van der Waals surface area contributed by atoms with Gasteiger partial charge in [0.2, 0.25) is 5.91 Å². The molecule has 1 fully saturated rings. The number of amides is 2. The van der Waals surface area contributed by atoms with Crippen LogP contribution < -0.4 is 10.2 Å². The Bertz CT molecular complexity index is 1420. The number of halogens is 3. The summed E-state index contributed by atoms with van der Waals surface area (Å²) in [6.07, 6.45) is -1.70. The van der Waals surface area contributed by atoms with Gasteiger partial charge in [-0.15, -0.1) is 11.3 Å². The lowest BCUT2D eigenvalue weighted by Crippen LogP contribution is -2.40. The number of pyridine rings is 1. The van der Waals surface area contributed by atoms with Gasteiger partial charge in [-0.1, -0.05) is 29.5 Å². The highest BCUT2D eigenvalue weighted by molar-refractivity contribution is 7.29. The molecule has 0 saturated carbocycles. The van der Waals surface area contributed by atoms with Crippen LogP contribution in [0.5, 0.6) is 0 Å². The molecule has 198 valence electrons. The predicted molar refractivity (Wildman–Crippen MR) is 144 cm³/mol. The molecule has 0 radical (unpaired) electrons. The van der Waals surface area contributed by atoms with Crippen molar-refractivity contribution in [3.8, 4) is 11.1 Å². The molecule has 1 aliphatic rings. The summed E-state index contributed by atoms with van der Waals surface area (Å²) in [5.41, 5.74) is 0.861. The smallest absolute Gasteiger partial charge is 0.349 e. The van der Waals surface area contributed by atoms with Crippen LogP contribution in [0.4, 0.5) is 24.0 Å². The molecule has 4 heterocycles. The summed E-state index contributed by atoms with van der Waals surface area (Å²) in [6.45, 7) is 1.55. The Hall–Kier alpha value is -3.51. The molecule has 38 heavy (non-hydrogen) atoms. The van der Waals surface area contributed by atoms with Crippen molar-refractivity contribution in [1.82, 2.24) is 14.9 Å². The number of thiazole rings is 1. The maximum atomic E-state index is 12.8. The Morgan fingerprint density at radius 1 is 1.03 bits per heavy atom. The van der Waals surface area contributed by atoms with E-state index in [-0.39, 0.29) is 17.7 Å². The predicted octanol–water partition coefficient (Wildman–Crippen LogP) is 6.00. The van der Waals surface area contributed by atoms with E-state index in [1.165, 1.54) is 34.9 Å². The monoisotopic (exact) mass is 559 g/mol. The lowest BCUT2D eigenvalue weighted by molar-refractivity contribution is -0.141. The van der Waals surface area contributed by atoms with Crippen LogP contribution in [0.2, 0.25) is 0 Å². The highest BCUT2D eigenvalue weighted by atomic mass is 32.1. The molecule has 0 aliphatic carbocycles. The Kier molecular flexibility index (Phi) is 7.10. The molecule has 1 aromatic carbocycles. The van der Waals surface area contributed by atoms with Crippen molar-refractivity contribution in [3.05, 3.63) is 59.2 Å². The van der Waals surface area contributed by atoms with E-state index in [1.807, 2.05) is 6.07 Å². The van der Waals surface area contributed by atoms with Gasteiger partial charge in [-0.25, -0.2) is 4.98 Å². The number of carbonyl (C=O) groups is 2. The van der Waals surface area contributed by atoms with Crippen LogP contribution in [0.1, 0.15) is 28.2 Å². The van der Waals surface area contributed by atoms with Crippen LogP contribution in [0.25, 0.3) is 20.7 Å². The van der Waals surface area contributed by atoms with Crippen molar-refractivity contribution in [2.24, 2.45) is 5.92 Å². The van der Waals surface area contributed by atoms with Crippen LogP contribution >= 0.6 is 22.7 Å². The van der Waals surface area contributed by atoms with Gasteiger partial charge in [0.25, 0.3) is 5.91 Å². The molecule has 1 N–H and O–H groups in total. The third-order valence-corrected chi connectivity index (χ3v) is 8.61. The van der Waals surface area contributed by atoms with Crippen LogP contribution in [-0.2, 0) is 11.0 Å². The lowest BCUT2D eigenvalue weighted by atomic mass is 9.96. The first-order valence-corrected chi connectivity index (χ1v) is 13.5. The second kappa shape index (κ2) is 10.3. The molecule has 12 heteroatoms. The maximum absolute atomic E-state index is 12.8. The van der Waals surface area contributed by atoms with E-state index in [0.717, 1.165) is 46.7 Å². The molecule has 7 nitrogen and oxygen atoms in total. The molecule has 0 spiro atoms. The highest BCUT2D eigenvalue weighted by Crippen LogP contribution is 2.36. The Labute approximate surface area is 224 Å². The zero-order valence-corrected chi connectivity index (χ0v) is 22.2. The van der Waals surface area contributed by atoms with Gasteiger partial charge < -0.3 is 15.1 Å². The lowest BCUT2D eigenvalue weighted by Gasteiger charge is -2.32. The number of carbonyl (C=O) groups excluding carboxylic acids is 2. The van der Waals surface area contributed by atoms with Gasteiger partial charge >= 0.3 is 6.18 Å². The minimum absolute atomic E-state index is 0.0540. The molecule has 1 saturated heterocycles. The van der Waals surface area contributed by atoms with Gasteiger partial charge in [0.05, 0.1) is 9.58 Å². The fraction of sp³-hybridized carbons (Fsp3) is 0.308. The van der Waals surface area contributed by atoms with E-state index >= 15 is 0 Å². The van der Waals surface area contributed by atoms with Crippen LogP contribution in [0.3, 0.4) is 0 Å². The summed E-state index contributed by atoms with van der Waals surface area (Å²) in [4.78, 5) is 38.4. The first-order valence-electron chi connectivity index (χ1n) is 11.9. The van der Waals surface area contributed by atoms with E-state index in [9.17, 15) is 22.8 Å². The summed E-state index contributed by atoms with van der Waals surface area (Å²) < 4.78 is 39.1. The first kappa shape index (κ1) is 26.1. The Morgan fingerprint density at radius 3 is 2.29 bits per heavy atom. The number of piperidine rings is 1. The van der Waals surface area contributed by atoms with Crippen LogP contribution in [0.15, 0.2) is 48.7 Å². The number of fused-ring (bicyclic) bond motifs is 1. The van der Waals surface area contributed by atoms with Crippen molar-refractivity contribution >= 4 is 54.8 Å². The summed E-state index contributed by atoms with van der Waals surface area (Å²) in [7, 11) is 3.57. The maximum Gasteiger partial charge on any atom is 0.433 e. The number of anilines is 2. The number of thiophene rings is 1. The number of rotatable bonds is 5. The van der Waals surface area contributed by atoms with E-state index in [1.54, 1.807) is 43.3 Å². The molecular formula is C26H24F3N5O2S2. The van der Waals surface area contributed by atoms with Crippen molar-refractivity contribution < 1.29 is 22.8 Å². The molecule has 1 aliphatic heterocycles. The number of nitrogens with zero attached hydrogens (tertiary/aromatic N) is 4. The number of aromatic nitrogens is 2. The largest absolute Gasteiger partial charge is 0.433 e. The van der Waals surface area contributed by atoms with Gasteiger partial charge in [-0.3, -0.25) is 14.6 Å². The van der Waals surface area contributed by atoms with E-state index in [2.05, 4.69) is 15.2 Å². The van der Waals surface area contributed by atoms with E-state index in [0.29, 0.717) is 21.7 Å². The normalized spacial score (nSPS) is 14.6. The number of hydrogen-bond acceptors (Lipinski definition) is 7. The number of alkyl halides is 3. The third kappa shape index (κ3) is 5.51. The molecule has 0 bridgehead atoms. The number of benzene rings is 1. The second-order valence-electron chi connectivity index (χ2n) is 9.23. The molecule has 0 unspecified atom stereocenters. The van der Waals surface area contributed by atoms with Crippen molar-refractivity contribution in [3.63, 3.8) is 0 Å². The van der Waals surface area contributed by atoms with Gasteiger partial charge in [-0.05, 0) is 42.7 Å². The standard InChI is InChI=1S/C26H24F3N5O2S2/c1-33(2)24(36)16-9-11-34(12-10-16)25-32-23-20(38-25)13-19(37-23)22(35)31-18-6-3-15(4-7-18)17-5-8-21(30-14-17)26(27,28)29/h3-8,13-14,16H,9-12H2,1-2H3,(H,31,35). The van der Waals surface area contributed by atoms with E-state index in [4.69, 9.17) is 4.98 Å². The van der Waals surface area contributed by atoms with Crippen LogP contribution in [-0.4, -0.2) is 53.9 Å². The van der Waals surface area contributed by atoms with Crippen molar-refractivity contribution in [2.45, 2.75) is 19.0 Å². The average Bonchev–Trinajstić information content (AvgIpc) is 3.48. The molecule has 4 aromatic rings.